The van der Waals surface area contributed by atoms with Crippen molar-refractivity contribution >= 4 is 6.29 Å². The summed E-state index contributed by atoms with van der Waals surface area (Å²) in [6.45, 7) is 3.53. The minimum absolute atomic E-state index is 0.400. The van der Waals surface area contributed by atoms with Gasteiger partial charge < -0.3 is 14.6 Å². The molecule has 1 unspecified atom stereocenters. The zero-order chi connectivity index (χ0) is 9.64. The Balaban J connectivity index is 2.24. The maximum Gasteiger partial charge on any atom is 0.164 e. The second-order valence-corrected chi connectivity index (χ2v) is 3.80. The molecular weight excluding hydrogens is 172 g/mol. The Morgan fingerprint density at radius 3 is 2.85 bits per heavy atom. The van der Waals surface area contributed by atoms with E-state index in [2.05, 4.69) is 0 Å². The second-order valence-electron chi connectivity index (χ2n) is 3.80. The third-order valence-corrected chi connectivity index (χ3v) is 2.29. The fourth-order valence-electron chi connectivity index (χ4n) is 1.79. The summed E-state index contributed by atoms with van der Waals surface area (Å²) in [5, 5.41) is 9.49. The van der Waals surface area contributed by atoms with Crippen molar-refractivity contribution in [3.05, 3.63) is 11.6 Å². The summed E-state index contributed by atoms with van der Waals surface area (Å²) in [6.07, 6.45) is 0.639. The van der Waals surface area contributed by atoms with Crippen LogP contribution in [0.1, 0.15) is 13.8 Å². The standard InChI is InChI=1S/C9H12O4/c1-9(2)12-7-5(4-10)3-6(11)8(7)13-9/h3-4,6-8,11H,1-2H3/t6?,7-,8+/m1/s1. The SMILES string of the molecule is CC1(C)O[C@@H]2C(C=O)=CC(O)[C@@H]2O1. The summed E-state index contributed by atoms with van der Waals surface area (Å²) in [6, 6.07) is 0. The van der Waals surface area contributed by atoms with Crippen LogP contribution in [0.2, 0.25) is 0 Å². The van der Waals surface area contributed by atoms with Gasteiger partial charge in [-0.25, -0.2) is 0 Å². The van der Waals surface area contributed by atoms with E-state index in [-0.39, 0.29) is 0 Å². The Morgan fingerprint density at radius 2 is 2.23 bits per heavy atom. The van der Waals surface area contributed by atoms with Crippen molar-refractivity contribution in [2.75, 3.05) is 0 Å². The molecule has 0 amide bonds. The van der Waals surface area contributed by atoms with Gasteiger partial charge in [0.2, 0.25) is 0 Å². The Labute approximate surface area is 76.1 Å². The maximum atomic E-state index is 10.6. The van der Waals surface area contributed by atoms with Crippen molar-refractivity contribution in [1.29, 1.82) is 0 Å². The topological polar surface area (TPSA) is 55.8 Å². The number of fused-ring (bicyclic) bond motifs is 1. The van der Waals surface area contributed by atoms with Gasteiger partial charge in [-0.3, -0.25) is 4.79 Å². The number of hydrogen-bond acceptors (Lipinski definition) is 4. The Bertz CT molecular complexity index is 269. The lowest BCUT2D eigenvalue weighted by molar-refractivity contribution is -0.152. The molecule has 1 aliphatic carbocycles. The van der Waals surface area contributed by atoms with Crippen LogP contribution in [-0.2, 0) is 14.3 Å². The summed E-state index contributed by atoms with van der Waals surface area (Å²) < 4.78 is 10.9. The number of ether oxygens (including phenoxy) is 2. The van der Waals surface area contributed by atoms with Crippen LogP contribution in [0, 0.1) is 0 Å². The highest BCUT2D eigenvalue weighted by molar-refractivity contribution is 5.76. The lowest BCUT2D eigenvalue weighted by atomic mass is 10.2. The van der Waals surface area contributed by atoms with E-state index in [1.807, 2.05) is 0 Å². The Hall–Kier alpha value is -0.710. The van der Waals surface area contributed by atoms with Crippen molar-refractivity contribution in [1.82, 2.24) is 0 Å². The molecule has 4 heteroatoms. The molecule has 0 saturated carbocycles. The van der Waals surface area contributed by atoms with E-state index in [0.717, 1.165) is 0 Å². The molecule has 1 heterocycles. The molecular formula is C9H12O4. The third-order valence-electron chi connectivity index (χ3n) is 2.29. The number of carbonyl (C=O) groups is 1. The zero-order valence-corrected chi connectivity index (χ0v) is 7.56. The molecule has 4 nitrogen and oxygen atoms in total. The average Bonchev–Trinajstić information content (AvgIpc) is 2.47. The molecule has 0 aromatic carbocycles. The van der Waals surface area contributed by atoms with Crippen LogP contribution in [0.5, 0.6) is 0 Å². The van der Waals surface area contributed by atoms with Gasteiger partial charge in [-0.15, -0.1) is 0 Å². The van der Waals surface area contributed by atoms with Crippen LogP contribution < -0.4 is 0 Å². The number of hydrogen-bond donors (Lipinski definition) is 1. The summed E-state index contributed by atoms with van der Waals surface area (Å²) in [5.74, 6) is -0.709. The van der Waals surface area contributed by atoms with E-state index < -0.39 is 24.1 Å². The highest BCUT2D eigenvalue weighted by atomic mass is 16.8. The van der Waals surface area contributed by atoms with Crippen LogP contribution in [-0.4, -0.2) is 35.5 Å². The van der Waals surface area contributed by atoms with E-state index in [1.165, 1.54) is 6.08 Å². The highest BCUT2D eigenvalue weighted by Gasteiger charge is 2.49. The lowest BCUT2D eigenvalue weighted by Crippen LogP contribution is -2.29. The van der Waals surface area contributed by atoms with E-state index in [9.17, 15) is 9.90 Å². The first-order chi connectivity index (χ1) is 6.03. The van der Waals surface area contributed by atoms with Gasteiger partial charge in [0, 0.05) is 5.57 Å². The minimum atomic E-state index is -0.730. The second kappa shape index (κ2) is 2.64. The predicted molar refractivity (Wildman–Crippen MR) is 44.0 cm³/mol. The summed E-state index contributed by atoms with van der Waals surface area (Å²) in [4.78, 5) is 10.6. The highest BCUT2D eigenvalue weighted by Crippen LogP contribution is 2.37. The monoisotopic (exact) mass is 184 g/mol. The molecule has 1 aliphatic heterocycles. The molecule has 1 fully saturated rings. The van der Waals surface area contributed by atoms with Gasteiger partial charge >= 0.3 is 0 Å². The lowest BCUT2D eigenvalue weighted by Gasteiger charge is -2.18. The van der Waals surface area contributed by atoms with Crippen LogP contribution in [0.25, 0.3) is 0 Å². The molecule has 1 N–H and O–H groups in total. The van der Waals surface area contributed by atoms with Crippen LogP contribution >= 0.6 is 0 Å². The molecule has 2 aliphatic rings. The molecule has 2 rings (SSSR count). The maximum absolute atomic E-state index is 10.6. The molecule has 72 valence electrons. The number of aldehydes is 1. The molecule has 1 saturated heterocycles. The Morgan fingerprint density at radius 1 is 1.54 bits per heavy atom. The molecule has 0 aromatic heterocycles. The number of rotatable bonds is 1. The molecule has 0 aromatic rings. The largest absolute Gasteiger partial charge is 0.386 e. The summed E-state index contributed by atoms with van der Waals surface area (Å²) in [5.41, 5.74) is 0.475. The number of carbonyl (C=O) groups excluding carboxylic acids is 1. The fourth-order valence-corrected chi connectivity index (χ4v) is 1.79. The van der Waals surface area contributed by atoms with Gasteiger partial charge in [0.1, 0.15) is 24.6 Å². The first-order valence-corrected chi connectivity index (χ1v) is 4.24. The van der Waals surface area contributed by atoms with Crippen molar-refractivity contribution in [3.63, 3.8) is 0 Å². The normalized spacial score (nSPS) is 41.5. The summed E-state index contributed by atoms with van der Waals surface area (Å²) in [7, 11) is 0. The van der Waals surface area contributed by atoms with Crippen molar-refractivity contribution in [2.24, 2.45) is 0 Å². The molecule has 0 radical (unpaired) electrons. The van der Waals surface area contributed by atoms with E-state index in [4.69, 9.17) is 9.47 Å². The van der Waals surface area contributed by atoms with Gasteiger partial charge in [0.25, 0.3) is 0 Å². The first-order valence-electron chi connectivity index (χ1n) is 4.24. The number of aliphatic hydroxyl groups excluding tert-OH is 1. The minimum Gasteiger partial charge on any atom is -0.386 e. The van der Waals surface area contributed by atoms with E-state index >= 15 is 0 Å². The van der Waals surface area contributed by atoms with Crippen LogP contribution in [0.3, 0.4) is 0 Å². The van der Waals surface area contributed by atoms with Crippen LogP contribution in [0.15, 0.2) is 11.6 Å². The molecule has 13 heavy (non-hydrogen) atoms. The zero-order valence-electron chi connectivity index (χ0n) is 7.56. The summed E-state index contributed by atoms with van der Waals surface area (Å²) >= 11 is 0. The van der Waals surface area contributed by atoms with E-state index in [0.29, 0.717) is 11.9 Å². The molecule has 0 bridgehead atoms. The average molecular weight is 184 g/mol. The van der Waals surface area contributed by atoms with Gasteiger partial charge in [0.15, 0.2) is 5.79 Å². The smallest absolute Gasteiger partial charge is 0.164 e. The van der Waals surface area contributed by atoms with Crippen molar-refractivity contribution in [2.45, 2.75) is 37.9 Å². The number of aliphatic hydroxyl groups is 1. The molecule has 0 spiro atoms. The van der Waals surface area contributed by atoms with Crippen LogP contribution in [0.4, 0.5) is 0 Å². The van der Waals surface area contributed by atoms with Gasteiger partial charge in [-0.2, -0.15) is 0 Å². The Kier molecular flexibility index (Phi) is 1.80. The molecule has 3 atom stereocenters. The quantitative estimate of drug-likeness (QED) is 0.583. The van der Waals surface area contributed by atoms with E-state index in [1.54, 1.807) is 13.8 Å². The van der Waals surface area contributed by atoms with Gasteiger partial charge in [0.05, 0.1) is 0 Å². The first kappa shape index (κ1) is 8.87. The van der Waals surface area contributed by atoms with Crippen molar-refractivity contribution < 1.29 is 19.4 Å². The third kappa shape index (κ3) is 1.31. The van der Waals surface area contributed by atoms with Crippen molar-refractivity contribution in [3.8, 4) is 0 Å². The van der Waals surface area contributed by atoms with Gasteiger partial charge in [-0.05, 0) is 19.9 Å². The fraction of sp³-hybridized carbons (Fsp3) is 0.667. The predicted octanol–water partition coefficient (Wildman–Crippen LogP) is 0.00630. The van der Waals surface area contributed by atoms with Gasteiger partial charge in [-0.1, -0.05) is 0 Å².